The number of hydrogen-bond acceptors (Lipinski definition) is 3. The van der Waals surface area contributed by atoms with Crippen molar-refractivity contribution in [1.82, 2.24) is 0 Å². The molecule has 0 spiro atoms. The Morgan fingerprint density at radius 3 is 2.32 bits per heavy atom. The summed E-state index contributed by atoms with van der Waals surface area (Å²) >= 11 is 0. The largest absolute Gasteiger partial charge is 0.505 e. The molecule has 1 rings (SSSR count). The lowest BCUT2D eigenvalue weighted by atomic mass is 10.0. The van der Waals surface area contributed by atoms with E-state index in [4.69, 9.17) is 0 Å². The number of anilines is 2. The maximum atomic E-state index is 11.6. The smallest absolute Gasteiger partial charge is 0.224 e. The highest BCUT2D eigenvalue weighted by atomic mass is 16.3. The standard InChI is InChI=1S/C15H24N2O2/c1-6-13(18)16-12-9-10(4)15(19)14(11(12)5)17(7-2)8-3/h9,19H,6-8H2,1-5H3,(H,16,18). The number of phenols is 1. The molecule has 0 aliphatic carbocycles. The van der Waals surface area contributed by atoms with E-state index in [0.717, 1.165) is 35.6 Å². The average Bonchev–Trinajstić information content (AvgIpc) is 2.40. The van der Waals surface area contributed by atoms with Gasteiger partial charge in [0, 0.05) is 25.2 Å². The van der Waals surface area contributed by atoms with Gasteiger partial charge in [0.2, 0.25) is 5.91 Å². The molecule has 0 saturated carbocycles. The second kappa shape index (κ2) is 6.45. The first-order valence-electron chi connectivity index (χ1n) is 6.84. The third kappa shape index (κ3) is 3.19. The van der Waals surface area contributed by atoms with Gasteiger partial charge < -0.3 is 15.3 Å². The summed E-state index contributed by atoms with van der Waals surface area (Å²) in [5.74, 6) is 0.286. The van der Waals surface area contributed by atoms with E-state index in [1.54, 1.807) is 0 Å². The molecule has 0 bridgehead atoms. The van der Waals surface area contributed by atoms with Crippen LogP contribution in [0, 0.1) is 13.8 Å². The van der Waals surface area contributed by atoms with E-state index in [1.807, 2.05) is 26.8 Å². The van der Waals surface area contributed by atoms with Crippen molar-refractivity contribution in [2.45, 2.75) is 41.0 Å². The minimum Gasteiger partial charge on any atom is -0.505 e. The summed E-state index contributed by atoms with van der Waals surface area (Å²) in [4.78, 5) is 13.7. The van der Waals surface area contributed by atoms with E-state index in [0.29, 0.717) is 12.2 Å². The fourth-order valence-electron chi connectivity index (χ4n) is 2.18. The van der Waals surface area contributed by atoms with Gasteiger partial charge >= 0.3 is 0 Å². The van der Waals surface area contributed by atoms with Gasteiger partial charge in [0.25, 0.3) is 0 Å². The van der Waals surface area contributed by atoms with E-state index in [2.05, 4.69) is 24.1 Å². The quantitative estimate of drug-likeness (QED) is 0.803. The van der Waals surface area contributed by atoms with Crippen LogP contribution >= 0.6 is 0 Å². The van der Waals surface area contributed by atoms with Crippen LogP contribution in [0.25, 0.3) is 0 Å². The van der Waals surface area contributed by atoms with Gasteiger partial charge in [-0.15, -0.1) is 0 Å². The predicted octanol–water partition coefficient (Wildman–Crippen LogP) is 3.20. The molecule has 1 aromatic rings. The monoisotopic (exact) mass is 264 g/mol. The van der Waals surface area contributed by atoms with Crippen molar-refractivity contribution in [3.05, 3.63) is 17.2 Å². The van der Waals surface area contributed by atoms with Gasteiger partial charge in [0.1, 0.15) is 5.75 Å². The Hall–Kier alpha value is -1.71. The van der Waals surface area contributed by atoms with Crippen LogP contribution in [0.4, 0.5) is 11.4 Å². The molecule has 0 aliphatic heterocycles. The van der Waals surface area contributed by atoms with Gasteiger partial charge in [-0.05, 0) is 44.9 Å². The van der Waals surface area contributed by atoms with Crippen LogP contribution in [0.2, 0.25) is 0 Å². The minimum absolute atomic E-state index is 0.0151. The van der Waals surface area contributed by atoms with Crippen molar-refractivity contribution in [1.29, 1.82) is 0 Å². The van der Waals surface area contributed by atoms with E-state index >= 15 is 0 Å². The summed E-state index contributed by atoms with van der Waals surface area (Å²) < 4.78 is 0. The molecule has 0 unspecified atom stereocenters. The van der Waals surface area contributed by atoms with Crippen LogP contribution in [0.3, 0.4) is 0 Å². The summed E-state index contributed by atoms with van der Waals surface area (Å²) in [6, 6.07) is 1.82. The lowest BCUT2D eigenvalue weighted by Gasteiger charge is -2.26. The van der Waals surface area contributed by atoms with Gasteiger partial charge in [-0.1, -0.05) is 6.92 Å². The number of carbonyl (C=O) groups is 1. The van der Waals surface area contributed by atoms with Crippen LogP contribution in [-0.4, -0.2) is 24.1 Å². The molecule has 4 nitrogen and oxygen atoms in total. The Morgan fingerprint density at radius 1 is 1.26 bits per heavy atom. The van der Waals surface area contributed by atoms with E-state index < -0.39 is 0 Å². The molecule has 1 aromatic carbocycles. The molecular formula is C15H24N2O2. The molecule has 0 fully saturated rings. The lowest BCUT2D eigenvalue weighted by molar-refractivity contribution is -0.115. The molecule has 0 aromatic heterocycles. The highest BCUT2D eigenvalue weighted by Gasteiger charge is 2.17. The number of benzene rings is 1. The van der Waals surface area contributed by atoms with Crippen molar-refractivity contribution in [3.8, 4) is 5.75 Å². The zero-order chi connectivity index (χ0) is 14.6. The number of nitrogens with one attached hydrogen (secondary N) is 1. The maximum Gasteiger partial charge on any atom is 0.224 e. The van der Waals surface area contributed by atoms with E-state index in [-0.39, 0.29) is 5.91 Å². The first kappa shape index (κ1) is 15.3. The summed E-state index contributed by atoms with van der Waals surface area (Å²) in [5, 5.41) is 13.2. The first-order chi connectivity index (χ1) is 8.96. The fraction of sp³-hybridized carbons (Fsp3) is 0.533. The topological polar surface area (TPSA) is 52.6 Å². The van der Waals surface area contributed by atoms with Crippen molar-refractivity contribution in [3.63, 3.8) is 0 Å². The van der Waals surface area contributed by atoms with Crippen LogP contribution in [-0.2, 0) is 4.79 Å². The third-order valence-corrected chi connectivity index (χ3v) is 3.39. The molecule has 0 heterocycles. The van der Waals surface area contributed by atoms with Crippen LogP contribution in [0.15, 0.2) is 6.07 Å². The number of rotatable bonds is 5. The minimum atomic E-state index is -0.0151. The van der Waals surface area contributed by atoms with Gasteiger partial charge in [0.05, 0.1) is 5.69 Å². The van der Waals surface area contributed by atoms with Crippen molar-refractivity contribution in [2.75, 3.05) is 23.3 Å². The molecule has 0 aliphatic rings. The number of nitrogens with zero attached hydrogens (tertiary/aromatic N) is 1. The Morgan fingerprint density at radius 2 is 1.84 bits per heavy atom. The zero-order valence-corrected chi connectivity index (χ0v) is 12.5. The first-order valence-corrected chi connectivity index (χ1v) is 6.84. The van der Waals surface area contributed by atoms with Gasteiger partial charge in [0.15, 0.2) is 0 Å². The second-order valence-electron chi connectivity index (χ2n) is 4.64. The van der Waals surface area contributed by atoms with E-state index in [1.165, 1.54) is 0 Å². The Kier molecular flexibility index (Phi) is 5.21. The van der Waals surface area contributed by atoms with Crippen molar-refractivity contribution >= 4 is 17.3 Å². The number of phenolic OH excluding ortho intramolecular Hbond substituents is 1. The second-order valence-corrected chi connectivity index (χ2v) is 4.64. The number of carbonyl (C=O) groups excluding carboxylic acids is 1. The average molecular weight is 264 g/mol. The fourth-order valence-corrected chi connectivity index (χ4v) is 2.18. The highest BCUT2D eigenvalue weighted by molar-refractivity contribution is 5.93. The summed E-state index contributed by atoms with van der Waals surface area (Å²) in [6.45, 7) is 11.3. The molecular weight excluding hydrogens is 240 g/mol. The molecule has 2 N–H and O–H groups in total. The Labute approximate surface area is 115 Å². The maximum absolute atomic E-state index is 11.6. The normalized spacial score (nSPS) is 10.4. The lowest BCUT2D eigenvalue weighted by Crippen LogP contribution is -2.24. The number of aromatic hydroxyl groups is 1. The van der Waals surface area contributed by atoms with Crippen molar-refractivity contribution < 1.29 is 9.90 Å². The number of amides is 1. The Bertz CT molecular complexity index is 466. The summed E-state index contributed by atoms with van der Waals surface area (Å²) in [5.41, 5.74) is 3.29. The molecule has 0 atom stereocenters. The summed E-state index contributed by atoms with van der Waals surface area (Å²) in [6.07, 6.45) is 0.444. The van der Waals surface area contributed by atoms with Crippen LogP contribution in [0.1, 0.15) is 38.3 Å². The molecule has 19 heavy (non-hydrogen) atoms. The summed E-state index contributed by atoms with van der Waals surface area (Å²) in [7, 11) is 0. The van der Waals surface area contributed by atoms with E-state index in [9.17, 15) is 9.90 Å². The molecule has 0 radical (unpaired) electrons. The van der Waals surface area contributed by atoms with Gasteiger partial charge in [-0.25, -0.2) is 0 Å². The molecule has 1 amide bonds. The Balaban J connectivity index is 3.33. The predicted molar refractivity (Wildman–Crippen MR) is 80.1 cm³/mol. The molecule has 0 saturated heterocycles. The number of aryl methyl sites for hydroxylation is 1. The third-order valence-electron chi connectivity index (χ3n) is 3.39. The highest BCUT2D eigenvalue weighted by Crippen LogP contribution is 2.38. The van der Waals surface area contributed by atoms with Crippen molar-refractivity contribution in [2.24, 2.45) is 0 Å². The van der Waals surface area contributed by atoms with Crippen LogP contribution in [0.5, 0.6) is 5.75 Å². The zero-order valence-electron chi connectivity index (χ0n) is 12.5. The SMILES string of the molecule is CCC(=O)Nc1cc(C)c(O)c(N(CC)CC)c1C. The van der Waals surface area contributed by atoms with Crippen LogP contribution < -0.4 is 10.2 Å². The van der Waals surface area contributed by atoms with Gasteiger partial charge in [-0.2, -0.15) is 0 Å². The van der Waals surface area contributed by atoms with Gasteiger partial charge in [-0.3, -0.25) is 4.79 Å². The molecule has 4 heteroatoms. The molecule has 106 valence electrons. The number of hydrogen-bond donors (Lipinski definition) is 2.